The molecule has 0 aliphatic carbocycles. The van der Waals surface area contributed by atoms with Gasteiger partial charge in [0.05, 0.1) is 0 Å². The van der Waals surface area contributed by atoms with Crippen LogP contribution in [0.2, 0.25) is 0 Å². The Morgan fingerprint density at radius 3 is 2.12 bits per heavy atom. The van der Waals surface area contributed by atoms with Crippen molar-refractivity contribution in [2.75, 3.05) is 6.54 Å². The number of rotatable bonds is 5. The molecule has 0 fully saturated rings. The lowest BCUT2D eigenvalue weighted by atomic mass is 9.84. The van der Waals surface area contributed by atoms with Gasteiger partial charge in [-0.2, -0.15) is 0 Å². The molecule has 0 bridgehead atoms. The first kappa shape index (κ1) is 19.7. The third-order valence-corrected chi connectivity index (χ3v) is 4.37. The molecule has 2 aromatic carbocycles. The van der Waals surface area contributed by atoms with Crippen LogP contribution >= 0.6 is 0 Å². The Morgan fingerprint density at radius 1 is 1.00 bits per heavy atom. The smallest absolute Gasteiger partial charge is 0.325 e. The Hall–Kier alpha value is -2.62. The lowest BCUT2D eigenvalue weighted by Crippen LogP contribution is -2.30. The molecule has 1 N–H and O–H groups in total. The van der Waals surface area contributed by atoms with Gasteiger partial charge in [-0.05, 0) is 53.6 Å². The molecule has 2 aromatic rings. The number of carbonyl (C=O) groups is 2. The van der Waals surface area contributed by atoms with E-state index >= 15 is 0 Å². The van der Waals surface area contributed by atoms with E-state index in [-0.39, 0.29) is 24.5 Å². The molecule has 0 aliphatic heterocycles. The fraction of sp³-hybridized carbons (Fsp3) is 0.364. The summed E-state index contributed by atoms with van der Waals surface area (Å²) in [5, 5.41) is 2.58. The van der Waals surface area contributed by atoms with E-state index < -0.39 is 5.97 Å². The number of hydrogen-bond donors (Lipinski definition) is 1. The zero-order chi connectivity index (χ0) is 19.3. The first-order valence-electron chi connectivity index (χ1n) is 8.78. The number of amides is 1. The summed E-state index contributed by atoms with van der Waals surface area (Å²) in [6.45, 7) is 10.7. The van der Waals surface area contributed by atoms with E-state index in [2.05, 4.69) is 38.2 Å². The van der Waals surface area contributed by atoms with Crippen LogP contribution in [0.5, 0.6) is 0 Å². The van der Waals surface area contributed by atoms with Crippen LogP contribution in [-0.2, 0) is 21.6 Å². The van der Waals surface area contributed by atoms with Gasteiger partial charge in [-0.25, -0.2) is 0 Å². The van der Waals surface area contributed by atoms with Crippen LogP contribution in [0.3, 0.4) is 0 Å². The van der Waals surface area contributed by atoms with Gasteiger partial charge in [0.25, 0.3) is 5.91 Å². The maximum atomic E-state index is 12.0. The Bertz CT molecular complexity index is 766. The standard InChI is InChI=1S/C22H27NO3/c1-15-11-18(22(3,4)5)12-16(2)19(15)14-26-20(24)13-23-21(25)17-9-7-6-8-10-17/h6-12H,13-14H2,1-5H3,(H,23,25). The van der Waals surface area contributed by atoms with Gasteiger partial charge >= 0.3 is 5.97 Å². The van der Waals surface area contributed by atoms with Crippen molar-refractivity contribution >= 4 is 11.9 Å². The summed E-state index contributed by atoms with van der Waals surface area (Å²) >= 11 is 0. The predicted octanol–water partition coefficient (Wildman–Crippen LogP) is 4.07. The average Bonchev–Trinajstić information content (AvgIpc) is 2.58. The Morgan fingerprint density at radius 2 is 1.58 bits per heavy atom. The quantitative estimate of drug-likeness (QED) is 0.824. The molecule has 4 nitrogen and oxygen atoms in total. The van der Waals surface area contributed by atoms with Crippen molar-refractivity contribution in [3.63, 3.8) is 0 Å². The van der Waals surface area contributed by atoms with Gasteiger partial charge in [-0.3, -0.25) is 9.59 Å². The third kappa shape index (κ3) is 5.19. The van der Waals surface area contributed by atoms with E-state index in [0.717, 1.165) is 16.7 Å². The van der Waals surface area contributed by atoms with Gasteiger partial charge in [0.15, 0.2) is 0 Å². The third-order valence-electron chi connectivity index (χ3n) is 4.37. The van der Waals surface area contributed by atoms with E-state index in [1.165, 1.54) is 5.56 Å². The van der Waals surface area contributed by atoms with Gasteiger partial charge in [-0.15, -0.1) is 0 Å². The van der Waals surface area contributed by atoms with E-state index in [4.69, 9.17) is 4.74 Å². The van der Waals surface area contributed by atoms with Crippen molar-refractivity contribution in [1.82, 2.24) is 5.32 Å². The molecule has 0 unspecified atom stereocenters. The van der Waals surface area contributed by atoms with Crippen LogP contribution in [0.25, 0.3) is 0 Å². The lowest BCUT2D eigenvalue weighted by molar-refractivity contribution is -0.143. The van der Waals surface area contributed by atoms with Crippen molar-refractivity contribution in [1.29, 1.82) is 0 Å². The summed E-state index contributed by atoms with van der Waals surface area (Å²) in [6, 6.07) is 13.1. The van der Waals surface area contributed by atoms with Crippen LogP contribution in [0.4, 0.5) is 0 Å². The van der Waals surface area contributed by atoms with Gasteiger partial charge in [0.2, 0.25) is 0 Å². The van der Waals surface area contributed by atoms with Crippen molar-refractivity contribution in [3.8, 4) is 0 Å². The van der Waals surface area contributed by atoms with Crippen LogP contribution in [0, 0.1) is 13.8 Å². The van der Waals surface area contributed by atoms with Gasteiger partial charge in [0, 0.05) is 5.56 Å². The molecule has 0 heterocycles. The second-order valence-electron chi connectivity index (χ2n) is 7.55. The minimum absolute atomic E-state index is 0.0758. The molecule has 0 radical (unpaired) electrons. The van der Waals surface area contributed by atoms with Gasteiger partial charge in [-0.1, -0.05) is 51.1 Å². The highest BCUT2D eigenvalue weighted by Gasteiger charge is 2.17. The van der Waals surface area contributed by atoms with E-state index in [0.29, 0.717) is 5.56 Å². The van der Waals surface area contributed by atoms with Crippen molar-refractivity contribution in [3.05, 3.63) is 70.3 Å². The van der Waals surface area contributed by atoms with Gasteiger partial charge < -0.3 is 10.1 Å². The second kappa shape index (κ2) is 8.17. The number of carbonyl (C=O) groups excluding carboxylic acids is 2. The summed E-state index contributed by atoms with van der Waals surface area (Å²) in [5.41, 5.74) is 5.09. The number of benzene rings is 2. The summed E-state index contributed by atoms with van der Waals surface area (Å²) in [5.74, 6) is -0.738. The average molecular weight is 353 g/mol. The molecule has 0 aliphatic rings. The number of esters is 1. The number of aryl methyl sites for hydroxylation is 2. The Balaban J connectivity index is 1.92. The zero-order valence-corrected chi connectivity index (χ0v) is 16.2. The molecule has 0 atom stereocenters. The van der Waals surface area contributed by atoms with Crippen molar-refractivity contribution in [2.45, 2.75) is 46.6 Å². The van der Waals surface area contributed by atoms with Crippen LogP contribution in [-0.4, -0.2) is 18.4 Å². The number of hydrogen-bond acceptors (Lipinski definition) is 3. The fourth-order valence-electron chi connectivity index (χ4n) is 2.70. The molecule has 2 rings (SSSR count). The van der Waals surface area contributed by atoms with Crippen molar-refractivity contribution in [2.24, 2.45) is 0 Å². The highest BCUT2D eigenvalue weighted by atomic mass is 16.5. The van der Waals surface area contributed by atoms with E-state index in [1.54, 1.807) is 24.3 Å². The topological polar surface area (TPSA) is 55.4 Å². The van der Waals surface area contributed by atoms with E-state index in [9.17, 15) is 9.59 Å². The first-order chi connectivity index (χ1) is 12.2. The summed E-state index contributed by atoms with van der Waals surface area (Å²) < 4.78 is 5.35. The van der Waals surface area contributed by atoms with Crippen LogP contribution < -0.4 is 5.32 Å². The highest BCUT2D eigenvalue weighted by molar-refractivity contribution is 5.95. The monoisotopic (exact) mass is 353 g/mol. The largest absolute Gasteiger partial charge is 0.459 e. The molecule has 4 heteroatoms. The second-order valence-corrected chi connectivity index (χ2v) is 7.55. The Labute approximate surface area is 155 Å². The molecular formula is C22H27NO3. The molecule has 0 saturated carbocycles. The molecule has 0 spiro atoms. The number of ether oxygens (including phenoxy) is 1. The zero-order valence-electron chi connectivity index (χ0n) is 16.2. The molecule has 138 valence electrons. The normalized spacial score (nSPS) is 11.1. The summed E-state index contributed by atoms with van der Waals surface area (Å²) in [6.07, 6.45) is 0. The maximum Gasteiger partial charge on any atom is 0.325 e. The number of nitrogens with one attached hydrogen (secondary N) is 1. The van der Waals surface area contributed by atoms with Crippen LogP contribution in [0.15, 0.2) is 42.5 Å². The SMILES string of the molecule is Cc1cc(C(C)(C)C)cc(C)c1COC(=O)CNC(=O)c1ccccc1. The maximum absolute atomic E-state index is 12.0. The van der Waals surface area contributed by atoms with Gasteiger partial charge in [0.1, 0.15) is 13.2 Å². The minimum atomic E-state index is -0.451. The molecule has 0 saturated heterocycles. The Kier molecular flexibility index (Phi) is 6.19. The first-order valence-corrected chi connectivity index (χ1v) is 8.78. The molecule has 1 amide bonds. The van der Waals surface area contributed by atoms with E-state index in [1.807, 2.05) is 19.9 Å². The lowest BCUT2D eigenvalue weighted by Gasteiger charge is -2.22. The van der Waals surface area contributed by atoms with Crippen molar-refractivity contribution < 1.29 is 14.3 Å². The highest BCUT2D eigenvalue weighted by Crippen LogP contribution is 2.27. The molecular weight excluding hydrogens is 326 g/mol. The predicted molar refractivity (Wildman–Crippen MR) is 103 cm³/mol. The fourth-order valence-corrected chi connectivity index (χ4v) is 2.70. The molecule has 26 heavy (non-hydrogen) atoms. The molecule has 0 aromatic heterocycles. The van der Waals surface area contributed by atoms with Crippen LogP contribution in [0.1, 0.15) is 53.4 Å². The minimum Gasteiger partial charge on any atom is -0.459 e. The summed E-state index contributed by atoms with van der Waals surface area (Å²) in [4.78, 5) is 23.9. The summed E-state index contributed by atoms with van der Waals surface area (Å²) in [7, 11) is 0.